The van der Waals surface area contributed by atoms with Gasteiger partial charge in [-0.2, -0.15) is 0 Å². The third kappa shape index (κ3) is 3.01. The van der Waals surface area contributed by atoms with Crippen LogP contribution in [0.2, 0.25) is 0 Å². The smallest absolute Gasteiger partial charge is 0.282 e. The summed E-state index contributed by atoms with van der Waals surface area (Å²) in [5, 5.41) is 10.6. The SMILES string of the molecule is C[C@@H](N)CSc1ccccc1[N+](=O)[O-]. The number of nitro benzene ring substituents is 1. The first-order valence-corrected chi connectivity index (χ1v) is 5.21. The number of hydrogen-bond donors (Lipinski definition) is 1. The Morgan fingerprint density at radius 3 is 2.79 bits per heavy atom. The van der Waals surface area contributed by atoms with Gasteiger partial charge in [-0.1, -0.05) is 12.1 Å². The van der Waals surface area contributed by atoms with Crippen molar-refractivity contribution in [2.75, 3.05) is 5.75 Å². The Labute approximate surface area is 86.6 Å². The van der Waals surface area contributed by atoms with Crippen LogP contribution in [0.1, 0.15) is 6.92 Å². The summed E-state index contributed by atoms with van der Waals surface area (Å²) in [6.45, 7) is 1.88. The summed E-state index contributed by atoms with van der Waals surface area (Å²) in [5.74, 6) is 0.685. The zero-order valence-corrected chi connectivity index (χ0v) is 8.66. The van der Waals surface area contributed by atoms with Crippen LogP contribution in [-0.4, -0.2) is 16.7 Å². The van der Waals surface area contributed by atoms with Crippen LogP contribution in [0, 0.1) is 10.1 Å². The van der Waals surface area contributed by atoms with E-state index in [0.29, 0.717) is 10.6 Å². The molecule has 0 bridgehead atoms. The minimum atomic E-state index is -0.372. The Hall–Kier alpha value is -1.07. The first-order chi connectivity index (χ1) is 6.61. The van der Waals surface area contributed by atoms with E-state index in [2.05, 4.69) is 0 Å². The van der Waals surface area contributed by atoms with Crippen LogP contribution in [0.25, 0.3) is 0 Å². The Bertz CT molecular complexity index is 328. The largest absolute Gasteiger partial charge is 0.327 e. The third-order valence-electron chi connectivity index (χ3n) is 1.56. The summed E-state index contributed by atoms with van der Waals surface area (Å²) in [4.78, 5) is 10.9. The number of nitrogens with two attached hydrogens (primary N) is 1. The van der Waals surface area contributed by atoms with E-state index in [1.165, 1.54) is 17.8 Å². The molecule has 14 heavy (non-hydrogen) atoms. The maximum atomic E-state index is 10.6. The lowest BCUT2D eigenvalue weighted by atomic mass is 10.3. The van der Waals surface area contributed by atoms with E-state index in [0.717, 1.165) is 0 Å². The van der Waals surface area contributed by atoms with Crippen LogP contribution in [-0.2, 0) is 0 Å². The number of thioether (sulfide) groups is 1. The van der Waals surface area contributed by atoms with Gasteiger partial charge in [0.2, 0.25) is 0 Å². The number of hydrogen-bond acceptors (Lipinski definition) is 4. The minimum absolute atomic E-state index is 0.0415. The van der Waals surface area contributed by atoms with Gasteiger partial charge in [0.1, 0.15) is 0 Å². The van der Waals surface area contributed by atoms with Gasteiger partial charge >= 0.3 is 0 Å². The number of nitro groups is 1. The molecule has 0 aliphatic carbocycles. The lowest BCUT2D eigenvalue weighted by Crippen LogP contribution is -2.17. The molecule has 1 rings (SSSR count). The molecule has 0 spiro atoms. The molecule has 5 heteroatoms. The fourth-order valence-corrected chi connectivity index (χ4v) is 1.86. The predicted molar refractivity (Wildman–Crippen MR) is 57.5 cm³/mol. The summed E-state index contributed by atoms with van der Waals surface area (Å²) >= 11 is 1.42. The van der Waals surface area contributed by atoms with E-state index >= 15 is 0 Å². The molecular weight excluding hydrogens is 200 g/mol. The Balaban J connectivity index is 2.79. The van der Waals surface area contributed by atoms with Crippen LogP contribution in [0.5, 0.6) is 0 Å². The minimum Gasteiger partial charge on any atom is -0.327 e. The van der Waals surface area contributed by atoms with Crippen molar-refractivity contribution in [1.82, 2.24) is 0 Å². The van der Waals surface area contributed by atoms with Gasteiger partial charge in [-0.3, -0.25) is 10.1 Å². The van der Waals surface area contributed by atoms with Crippen molar-refractivity contribution < 1.29 is 4.92 Å². The van der Waals surface area contributed by atoms with Crippen molar-refractivity contribution in [1.29, 1.82) is 0 Å². The van der Waals surface area contributed by atoms with Crippen LogP contribution >= 0.6 is 11.8 Å². The Morgan fingerprint density at radius 1 is 1.57 bits per heavy atom. The topological polar surface area (TPSA) is 69.2 Å². The molecule has 1 aromatic rings. The summed E-state index contributed by atoms with van der Waals surface area (Å²) < 4.78 is 0. The van der Waals surface area contributed by atoms with E-state index in [-0.39, 0.29) is 16.7 Å². The Morgan fingerprint density at radius 2 is 2.21 bits per heavy atom. The van der Waals surface area contributed by atoms with Crippen molar-refractivity contribution in [3.05, 3.63) is 34.4 Å². The molecule has 0 heterocycles. The second-order valence-electron chi connectivity index (χ2n) is 3.01. The van der Waals surface area contributed by atoms with E-state index in [1.54, 1.807) is 18.2 Å². The molecule has 0 aliphatic heterocycles. The third-order valence-corrected chi connectivity index (χ3v) is 2.91. The summed E-state index contributed by atoms with van der Waals surface area (Å²) in [6.07, 6.45) is 0. The van der Waals surface area contributed by atoms with Gasteiger partial charge in [-0.05, 0) is 13.0 Å². The molecule has 0 saturated carbocycles. The Kier molecular flexibility index (Phi) is 3.91. The maximum Gasteiger partial charge on any atom is 0.282 e. The molecule has 0 unspecified atom stereocenters. The van der Waals surface area contributed by atoms with Gasteiger partial charge in [0.05, 0.1) is 9.82 Å². The molecule has 0 saturated heterocycles. The summed E-state index contributed by atoms with van der Waals surface area (Å²) in [6, 6.07) is 6.74. The number of rotatable bonds is 4. The first kappa shape index (κ1) is 11.0. The fraction of sp³-hybridized carbons (Fsp3) is 0.333. The van der Waals surface area contributed by atoms with Gasteiger partial charge in [0, 0.05) is 17.9 Å². The fourth-order valence-electron chi connectivity index (χ4n) is 0.951. The molecule has 76 valence electrons. The standard InChI is InChI=1S/C9H12N2O2S/c1-7(10)6-14-9-5-3-2-4-8(9)11(12)13/h2-5,7H,6,10H2,1H3/t7-/m1/s1. The molecule has 2 N–H and O–H groups in total. The van der Waals surface area contributed by atoms with Crippen molar-refractivity contribution in [3.8, 4) is 0 Å². The molecule has 0 amide bonds. The van der Waals surface area contributed by atoms with Gasteiger partial charge in [-0.15, -0.1) is 11.8 Å². The number of benzene rings is 1. The molecule has 0 aromatic heterocycles. The average Bonchev–Trinajstić information content (AvgIpc) is 2.15. The molecular formula is C9H12N2O2S. The van der Waals surface area contributed by atoms with Gasteiger partial charge in [0.25, 0.3) is 5.69 Å². The van der Waals surface area contributed by atoms with Gasteiger partial charge in [0.15, 0.2) is 0 Å². The highest BCUT2D eigenvalue weighted by molar-refractivity contribution is 7.99. The molecule has 1 aromatic carbocycles. The van der Waals surface area contributed by atoms with Crippen molar-refractivity contribution in [2.45, 2.75) is 17.9 Å². The quantitative estimate of drug-likeness (QED) is 0.471. The van der Waals surface area contributed by atoms with Crippen LogP contribution in [0.3, 0.4) is 0 Å². The second kappa shape index (κ2) is 4.97. The zero-order chi connectivity index (χ0) is 10.6. The highest BCUT2D eigenvalue weighted by Gasteiger charge is 2.12. The van der Waals surface area contributed by atoms with E-state index in [4.69, 9.17) is 5.73 Å². The molecule has 4 nitrogen and oxygen atoms in total. The number of nitrogens with zero attached hydrogens (tertiary/aromatic N) is 1. The molecule has 0 fully saturated rings. The molecule has 1 atom stereocenters. The van der Waals surface area contributed by atoms with E-state index < -0.39 is 0 Å². The first-order valence-electron chi connectivity index (χ1n) is 4.23. The van der Waals surface area contributed by atoms with Crippen LogP contribution in [0.4, 0.5) is 5.69 Å². The van der Waals surface area contributed by atoms with Crippen molar-refractivity contribution in [2.24, 2.45) is 5.73 Å². The maximum absolute atomic E-state index is 10.6. The van der Waals surface area contributed by atoms with Crippen molar-refractivity contribution >= 4 is 17.4 Å². The molecule has 0 aliphatic rings. The predicted octanol–water partition coefficient (Wildman–Crippen LogP) is 2.03. The highest BCUT2D eigenvalue weighted by Crippen LogP contribution is 2.28. The normalized spacial score (nSPS) is 12.4. The summed E-state index contributed by atoms with van der Waals surface area (Å²) in [7, 11) is 0. The monoisotopic (exact) mass is 212 g/mol. The van der Waals surface area contributed by atoms with Crippen LogP contribution < -0.4 is 5.73 Å². The molecule has 0 radical (unpaired) electrons. The van der Waals surface area contributed by atoms with Gasteiger partial charge < -0.3 is 5.73 Å². The lowest BCUT2D eigenvalue weighted by molar-refractivity contribution is -0.387. The second-order valence-corrected chi connectivity index (χ2v) is 4.07. The van der Waals surface area contributed by atoms with E-state index in [9.17, 15) is 10.1 Å². The summed E-state index contributed by atoms with van der Waals surface area (Å²) in [5.41, 5.74) is 5.73. The van der Waals surface area contributed by atoms with Gasteiger partial charge in [-0.25, -0.2) is 0 Å². The highest BCUT2D eigenvalue weighted by atomic mass is 32.2. The van der Waals surface area contributed by atoms with Crippen LogP contribution in [0.15, 0.2) is 29.2 Å². The average molecular weight is 212 g/mol. The lowest BCUT2D eigenvalue weighted by Gasteiger charge is -2.04. The van der Waals surface area contributed by atoms with Crippen molar-refractivity contribution in [3.63, 3.8) is 0 Å². The van der Waals surface area contributed by atoms with E-state index in [1.807, 2.05) is 6.92 Å². The number of para-hydroxylation sites is 1. The zero-order valence-electron chi connectivity index (χ0n) is 7.84.